The molecule has 2 aromatic carbocycles. The van der Waals surface area contributed by atoms with E-state index in [1.807, 2.05) is 0 Å². The first-order valence-corrected chi connectivity index (χ1v) is 12.6. The molecular weight excluding hydrogens is 480 g/mol. The summed E-state index contributed by atoms with van der Waals surface area (Å²) in [4.78, 5) is 37.6. The zero-order valence-corrected chi connectivity index (χ0v) is 20.3. The number of carbonyl (C=O) groups is 3. The highest BCUT2D eigenvalue weighted by atomic mass is 32.2. The van der Waals surface area contributed by atoms with Crippen molar-refractivity contribution in [2.75, 3.05) is 36.1 Å². The fourth-order valence-electron chi connectivity index (χ4n) is 3.74. The Kier molecular flexibility index (Phi) is 7.30. The SMILES string of the molecule is Cn1nccc1-c1cc(NC(=O)Nc2ccc(F)cc2F)ccc1OCCN1CC[SH4]C(=O)C1=O. The Balaban J connectivity index is 1.48. The highest BCUT2D eigenvalue weighted by Gasteiger charge is 2.24. The van der Waals surface area contributed by atoms with Crippen molar-refractivity contribution in [2.45, 2.75) is 0 Å². The number of hydrogen-bond acceptors (Lipinski definition) is 5. The topological polar surface area (TPSA) is 106 Å². The maximum Gasteiger partial charge on any atom is 0.323 e. The van der Waals surface area contributed by atoms with Gasteiger partial charge in [0.05, 0.1) is 17.9 Å². The molecule has 1 fully saturated rings. The van der Waals surface area contributed by atoms with Crippen LogP contribution in [-0.4, -0.2) is 57.2 Å². The third-order valence-electron chi connectivity index (χ3n) is 5.49. The Labute approximate surface area is 203 Å². The van der Waals surface area contributed by atoms with Crippen LogP contribution in [0.3, 0.4) is 0 Å². The van der Waals surface area contributed by atoms with Crippen LogP contribution in [0.2, 0.25) is 0 Å². The lowest BCUT2D eigenvalue weighted by molar-refractivity contribution is -0.140. The second-order valence-corrected chi connectivity index (χ2v) is 9.77. The van der Waals surface area contributed by atoms with E-state index in [2.05, 4.69) is 15.7 Å². The fraction of sp³-hybridized carbons (Fsp3) is 0.217. The van der Waals surface area contributed by atoms with Gasteiger partial charge < -0.3 is 20.3 Å². The number of amides is 3. The number of aromatic nitrogens is 2. The summed E-state index contributed by atoms with van der Waals surface area (Å²) in [5.41, 5.74) is 1.58. The molecule has 1 saturated heterocycles. The van der Waals surface area contributed by atoms with Crippen LogP contribution in [0.15, 0.2) is 48.7 Å². The van der Waals surface area contributed by atoms with Gasteiger partial charge in [-0.15, -0.1) is 0 Å². The number of benzene rings is 2. The summed E-state index contributed by atoms with van der Waals surface area (Å²) in [6.07, 6.45) is 1.62. The number of rotatable bonds is 7. The predicted octanol–water partition coefficient (Wildman–Crippen LogP) is 2.42. The summed E-state index contributed by atoms with van der Waals surface area (Å²) < 4.78 is 34.5. The van der Waals surface area contributed by atoms with Crippen LogP contribution in [0.1, 0.15) is 0 Å². The van der Waals surface area contributed by atoms with Gasteiger partial charge in [-0.05, 0) is 42.2 Å². The fourth-order valence-corrected chi connectivity index (χ4v) is 5.04. The number of hydrogen-bond donors (Lipinski definition) is 2. The smallest absolute Gasteiger partial charge is 0.323 e. The van der Waals surface area contributed by atoms with E-state index < -0.39 is 35.3 Å². The highest BCUT2D eigenvalue weighted by molar-refractivity contribution is 8.15. The average Bonchev–Trinajstić information content (AvgIpc) is 3.25. The van der Waals surface area contributed by atoms with Gasteiger partial charge in [0.15, 0.2) is 0 Å². The Morgan fingerprint density at radius 3 is 2.71 bits per heavy atom. The van der Waals surface area contributed by atoms with E-state index in [0.29, 0.717) is 35.3 Å². The Morgan fingerprint density at radius 1 is 1.14 bits per heavy atom. The molecule has 3 aromatic rings. The molecule has 0 bridgehead atoms. The molecule has 0 spiro atoms. The van der Waals surface area contributed by atoms with Gasteiger partial charge in [-0.25, -0.2) is 25.3 Å². The molecule has 2 N–H and O–H groups in total. The van der Waals surface area contributed by atoms with E-state index in [1.54, 1.807) is 42.2 Å². The van der Waals surface area contributed by atoms with Crippen LogP contribution < -0.4 is 15.4 Å². The van der Waals surface area contributed by atoms with Crippen molar-refractivity contribution < 1.29 is 27.9 Å². The first-order valence-electron chi connectivity index (χ1n) is 10.9. The van der Waals surface area contributed by atoms with Crippen LogP contribution in [0.5, 0.6) is 5.75 Å². The molecule has 3 amide bonds. The van der Waals surface area contributed by atoms with Gasteiger partial charge in [-0.3, -0.25) is 14.3 Å². The standard InChI is InChI=1S/C23H25F2N5O4S/c1-29-19(6-7-26-29)16-13-15(27-23(33)28-18-4-2-14(24)12-17(18)25)3-5-20(16)34-10-8-30-9-11-35-22(32)21(30)31/h2-7,12-13H,8-11H2,1H3,35H4,(H2,27,28,33). The van der Waals surface area contributed by atoms with Crippen LogP contribution in [0.25, 0.3) is 11.3 Å². The first kappa shape index (κ1) is 24.2. The van der Waals surface area contributed by atoms with E-state index in [-0.39, 0.29) is 24.0 Å². The number of urea groups is 1. The van der Waals surface area contributed by atoms with E-state index in [0.717, 1.165) is 17.9 Å². The first-order chi connectivity index (χ1) is 16.8. The van der Waals surface area contributed by atoms with Crippen molar-refractivity contribution in [3.8, 4) is 17.0 Å². The van der Waals surface area contributed by atoms with E-state index in [4.69, 9.17) is 4.74 Å². The number of halogens is 2. The number of aryl methyl sites for hydroxylation is 1. The number of nitrogens with zero attached hydrogens (tertiary/aromatic N) is 3. The Bertz CT molecular complexity index is 1280. The molecule has 0 atom stereocenters. The lowest BCUT2D eigenvalue weighted by Crippen LogP contribution is -2.43. The van der Waals surface area contributed by atoms with Crippen LogP contribution in [0, 0.1) is 11.6 Å². The van der Waals surface area contributed by atoms with Crippen LogP contribution >= 0.6 is 11.8 Å². The largest absolute Gasteiger partial charge is 0.491 e. The molecular formula is C23H25F2N5O4S. The van der Waals surface area contributed by atoms with Gasteiger partial charge in [0.1, 0.15) is 24.0 Å². The van der Waals surface area contributed by atoms with Crippen molar-refractivity contribution in [3.63, 3.8) is 0 Å². The van der Waals surface area contributed by atoms with Crippen LogP contribution in [0.4, 0.5) is 25.0 Å². The van der Waals surface area contributed by atoms with Gasteiger partial charge >= 0.3 is 6.03 Å². The normalized spacial score (nSPS) is 13.9. The molecule has 1 aromatic heterocycles. The molecule has 4 rings (SSSR count). The summed E-state index contributed by atoms with van der Waals surface area (Å²) >= 11 is -0.956. The summed E-state index contributed by atoms with van der Waals surface area (Å²) in [5, 5.41) is 8.88. The minimum atomic E-state index is -0.956. The quantitative estimate of drug-likeness (QED) is 0.480. The van der Waals surface area contributed by atoms with Crippen molar-refractivity contribution in [2.24, 2.45) is 7.05 Å². The zero-order chi connectivity index (χ0) is 24.9. The van der Waals surface area contributed by atoms with Gasteiger partial charge in [0.25, 0.3) is 5.91 Å². The van der Waals surface area contributed by atoms with Crippen molar-refractivity contribution >= 4 is 40.2 Å². The summed E-state index contributed by atoms with van der Waals surface area (Å²) in [6, 6.07) is 8.86. The number of carbonyl (C=O) groups excluding carboxylic acids is 3. The summed E-state index contributed by atoms with van der Waals surface area (Å²) in [6.45, 7) is 1.04. The highest BCUT2D eigenvalue weighted by Crippen LogP contribution is 2.32. The van der Waals surface area contributed by atoms with E-state index >= 15 is 0 Å². The molecule has 1 aliphatic heterocycles. The monoisotopic (exact) mass is 505 g/mol. The maximum atomic E-state index is 13.8. The van der Waals surface area contributed by atoms with E-state index in [9.17, 15) is 23.2 Å². The van der Waals surface area contributed by atoms with Crippen molar-refractivity contribution in [3.05, 3.63) is 60.3 Å². The molecule has 1 aliphatic rings. The van der Waals surface area contributed by atoms with Gasteiger partial charge in [-0.1, -0.05) is 0 Å². The van der Waals surface area contributed by atoms with Gasteiger partial charge in [0, 0.05) is 37.1 Å². The van der Waals surface area contributed by atoms with Gasteiger partial charge in [0.2, 0.25) is 5.12 Å². The van der Waals surface area contributed by atoms with Crippen LogP contribution in [-0.2, 0) is 16.6 Å². The predicted molar refractivity (Wildman–Crippen MR) is 133 cm³/mol. The molecule has 9 nitrogen and oxygen atoms in total. The third kappa shape index (κ3) is 5.77. The summed E-state index contributed by atoms with van der Waals surface area (Å²) in [5.74, 6) is -0.802. The molecule has 12 heteroatoms. The lowest BCUT2D eigenvalue weighted by atomic mass is 10.1. The minimum absolute atomic E-state index is 0.163. The molecule has 0 unspecified atom stereocenters. The lowest BCUT2D eigenvalue weighted by Gasteiger charge is -2.27. The number of anilines is 2. The molecule has 2 heterocycles. The summed E-state index contributed by atoms with van der Waals surface area (Å²) in [7, 11) is 1.76. The van der Waals surface area contributed by atoms with Gasteiger partial charge in [-0.2, -0.15) is 5.10 Å². The number of ether oxygens (including phenoxy) is 1. The van der Waals surface area contributed by atoms with Crippen molar-refractivity contribution in [1.82, 2.24) is 14.7 Å². The molecule has 0 aliphatic carbocycles. The third-order valence-corrected chi connectivity index (χ3v) is 6.92. The minimum Gasteiger partial charge on any atom is -0.491 e. The Morgan fingerprint density at radius 2 is 1.97 bits per heavy atom. The zero-order valence-electron chi connectivity index (χ0n) is 18.9. The average molecular weight is 506 g/mol. The van der Waals surface area contributed by atoms with Crippen molar-refractivity contribution in [1.29, 1.82) is 0 Å². The maximum absolute atomic E-state index is 13.8. The second kappa shape index (κ2) is 10.6. The number of nitrogens with one attached hydrogen (secondary N) is 2. The molecule has 35 heavy (non-hydrogen) atoms. The second-order valence-electron chi connectivity index (χ2n) is 7.92. The molecule has 0 radical (unpaired) electrons. The van der Waals surface area contributed by atoms with E-state index in [1.165, 1.54) is 4.90 Å². The molecule has 0 saturated carbocycles. The molecule has 186 valence electrons. The Hall–Kier alpha value is -3.93.